The molecule has 198 valence electrons. The molecule has 4 aromatic carbocycles. The van der Waals surface area contributed by atoms with Crippen molar-refractivity contribution in [1.29, 1.82) is 10.5 Å². The highest BCUT2D eigenvalue weighted by molar-refractivity contribution is 6.09. The Labute approximate surface area is 240 Å². The fourth-order valence-corrected chi connectivity index (χ4v) is 6.05. The molecule has 0 radical (unpaired) electrons. The van der Waals surface area contributed by atoms with Gasteiger partial charge >= 0.3 is 0 Å². The van der Waals surface area contributed by atoms with E-state index in [1.807, 2.05) is 43.3 Å². The Kier molecular flexibility index (Phi) is 6.54. The van der Waals surface area contributed by atoms with Gasteiger partial charge in [0.1, 0.15) is 11.6 Å². The van der Waals surface area contributed by atoms with Crippen molar-refractivity contribution in [2.75, 3.05) is 0 Å². The van der Waals surface area contributed by atoms with Crippen LogP contribution in [0.4, 0.5) is 0 Å². The lowest BCUT2D eigenvalue weighted by Crippen LogP contribution is -2.06. The number of aromatic nitrogens is 2. The second-order valence-corrected chi connectivity index (χ2v) is 10.2. The minimum atomic E-state index is 0.486. The van der Waals surface area contributed by atoms with E-state index in [9.17, 15) is 10.5 Å². The average molecular weight is 531 g/mol. The van der Waals surface area contributed by atoms with E-state index in [0.717, 1.165) is 56.8 Å². The van der Waals surface area contributed by atoms with Crippen LogP contribution in [0.5, 0.6) is 0 Å². The molecule has 0 atom stereocenters. The molecule has 0 bridgehead atoms. The van der Waals surface area contributed by atoms with E-state index in [0.29, 0.717) is 22.5 Å². The first-order valence-corrected chi connectivity index (χ1v) is 14.0. The fourth-order valence-electron chi connectivity index (χ4n) is 6.05. The van der Waals surface area contributed by atoms with Gasteiger partial charge in [0.05, 0.1) is 45.3 Å². The zero-order valence-electron chi connectivity index (χ0n) is 23.6. The van der Waals surface area contributed by atoms with Gasteiger partial charge in [-0.15, -0.1) is 0 Å². The largest absolute Gasteiger partial charge is 0.308 e. The summed E-state index contributed by atoms with van der Waals surface area (Å²) in [6.45, 7) is 10.5. The smallest absolute Gasteiger partial charge is 0.104 e. The van der Waals surface area contributed by atoms with E-state index >= 15 is 0 Å². The highest BCUT2D eigenvalue weighted by Crippen LogP contribution is 2.38. The van der Waals surface area contributed by atoms with E-state index in [-0.39, 0.29) is 0 Å². The summed E-state index contributed by atoms with van der Waals surface area (Å²) in [4.78, 5) is 0. The van der Waals surface area contributed by atoms with Crippen LogP contribution < -0.4 is 0 Å². The van der Waals surface area contributed by atoms with Crippen LogP contribution >= 0.6 is 0 Å². The third-order valence-corrected chi connectivity index (χ3v) is 8.01. The normalized spacial score (nSPS) is 11.4. The molecule has 0 saturated carbocycles. The second kappa shape index (κ2) is 10.3. The Hall–Kier alpha value is -5.32. The van der Waals surface area contributed by atoms with Crippen molar-refractivity contribution in [3.63, 3.8) is 0 Å². The van der Waals surface area contributed by atoms with Crippen molar-refractivity contribution in [3.05, 3.63) is 119 Å². The summed E-state index contributed by atoms with van der Waals surface area (Å²) in [5, 5.41) is 24.3. The van der Waals surface area contributed by atoms with Gasteiger partial charge in [-0.05, 0) is 79.4 Å². The average Bonchev–Trinajstić information content (AvgIpc) is 3.51. The van der Waals surface area contributed by atoms with Gasteiger partial charge in [0.25, 0.3) is 0 Å². The third-order valence-electron chi connectivity index (χ3n) is 8.01. The highest BCUT2D eigenvalue weighted by Gasteiger charge is 2.23. The zero-order chi connectivity index (χ0) is 28.7. The number of hydrogen-bond donors (Lipinski definition) is 0. The number of rotatable bonds is 6. The molecule has 6 rings (SSSR count). The maximum absolute atomic E-state index is 10.8. The summed E-state index contributed by atoms with van der Waals surface area (Å²) in [5.41, 5.74) is 9.73. The summed E-state index contributed by atoms with van der Waals surface area (Å²) >= 11 is 0. The lowest BCUT2D eigenvalue weighted by molar-refractivity contribution is 1.07. The molecule has 0 aliphatic rings. The Bertz CT molecular complexity index is 2120. The lowest BCUT2D eigenvalue weighted by atomic mass is 10.1. The van der Waals surface area contributed by atoms with Crippen LogP contribution in [0.25, 0.3) is 56.2 Å². The van der Waals surface area contributed by atoms with Crippen molar-refractivity contribution in [1.82, 2.24) is 9.13 Å². The Morgan fingerprint density at radius 1 is 0.732 bits per heavy atom. The molecule has 0 amide bonds. The maximum atomic E-state index is 10.8. The highest BCUT2D eigenvalue weighted by atomic mass is 15.0. The van der Waals surface area contributed by atoms with Gasteiger partial charge in [-0.25, -0.2) is 0 Å². The topological polar surface area (TPSA) is 57.4 Å². The van der Waals surface area contributed by atoms with E-state index in [1.54, 1.807) is 0 Å². The molecule has 0 aliphatic carbocycles. The van der Waals surface area contributed by atoms with Crippen molar-refractivity contribution in [3.8, 4) is 23.5 Å². The predicted molar refractivity (Wildman–Crippen MR) is 171 cm³/mol. The van der Waals surface area contributed by atoms with Crippen molar-refractivity contribution < 1.29 is 0 Å². The van der Waals surface area contributed by atoms with Crippen LogP contribution in [-0.2, 0) is 12.8 Å². The Morgan fingerprint density at radius 2 is 1.34 bits per heavy atom. The van der Waals surface area contributed by atoms with Gasteiger partial charge in [0.2, 0.25) is 0 Å². The van der Waals surface area contributed by atoms with Gasteiger partial charge in [-0.2, -0.15) is 10.5 Å². The molecule has 0 aliphatic heterocycles. The number of nitriles is 2. The van der Waals surface area contributed by atoms with Gasteiger partial charge < -0.3 is 9.13 Å². The molecule has 0 N–H and O–H groups in total. The molecule has 0 unspecified atom stereocenters. The predicted octanol–water partition coefficient (Wildman–Crippen LogP) is 9.27. The molecule has 0 saturated heterocycles. The monoisotopic (exact) mass is 530 g/mol. The minimum Gasteiger partial charge on any atom is -0.308 e. The number of aryl methyl sites for hydroxylation is 2. The first kappa shape index (κ1) is 25.9. The maximum Gasteiger partial charge on any atom is 0.104 e. The van der Waals surface area contributed by atoms with Crippen molar-refractivity contribution >= 4 is 44.9 Å². The summed E-state index contributed by atoms with van der Waals surface area (Å²) in [6.07, 6.45) is 7.81. The molecule has 6 aromatic rings. The van der Waals surface area contributed by atoms with E-state index in [2.05, 4.69) is 96.3 Å². The number of hydrogen-bond acceptors (Lipinski definition) is 2. The molecule has 4 nitrogen and oxygen atoms in total. The summed E-state index contributed by atoms with van der Waals surface area (Å²) < 4.78 is 4.22. The number of nitrogens with zero attached hydrogens (tertiary/aromatic N) is 4. The van der Waals surface area contributed by atoms with Crippen LogP contribution in [0.1, 0.15) is 54.3 Å². The van der Waals surface area contributed by atoms with Crippen LogP contribution in [0.15, 0.2) is 85.5 Å². The number of para-hydroxylation sites is 1. The molecule has 41 heavy (non-hydrogen) atoms. The standard InChI is InChI=1S/C37H30N4/c1-5-11-27-29-18-24(6-2)14-16-34(29)40(32(27)8-4)36-20-26(22-38)21-37(31(36)23-39)41-33-13-10-9-12-28(33)30-19-25(7-3)15-17-35(30)41/h5,8-21H,4,6-7H2,1-3H3/b11-5-. The number of fused-ring (bicyclic) bond motifs is 4. The summed E-state index contributed by atoms with van der Waals surface area (Å²) in [5.74, 6) is 0. The van der Waals surface area contributed by atoms with Gasteiger partial charge in [-0.3, -0.25) is 0 Å². The lowest BCUT2D eigenvalue weighted by Gasteiger charge is -2.17. The quantitative estimate of drug-likeness (QED) is 0.215. The van der Waals surface area contributed by atoms with E-state index in [4.69, 9.17) is 0 Å². The van der Waals surface area contributed by atoms with E-state index in [1.165, 1.54) is 11.1 Å². The first-order chi connectivity index (χ1) is 20.1. The van der Waals surface area contributed by atoms with E-state index < -0.39 is 0 Å². The van der Waals surface area contributed by atoms with Gasteiger partial charge in [0, 0.05) is 21.7 Å². The number of allylic oxidation sites excluding steroid dienone is 1. The Balaban J connectivity index is 1.78. The van der Waals surface area contributed by atoms with Gasteiger partial charge in [0.15, 0.2) is 0 Å². The van der Waals surface area contributed by atoms with Crippen LogP contribution in [0.3, 0.4) is 0 Å². The minimum absolute atomic E-state index is 0.486. The molecule has 0 fully saturated rings. The van der Waals surface area contributed by atoms with Crippen LogP contribution in [-0.4, -0.2) is 9.13 Å². The summed E-state index contributed by atoms with van der Waals surface area (Å²) in [7, 11) is 0. The zero-order valence-corrected chi connectivity index (χ0v) is 23.6. The molecule has 0 spiro atoms. The van der Waals surface area contributed by atoms with Crippen LogP contribution in [0, 0.1) is 22.7 Å². The third kappa shape index (κ3) is 3.96. The summed E-state index contributed by atoms with van der Waals surface area (Å²) in [6, 6.07) is 29.8. The number of benzene rings is 4. The van der Waals surface area contributed by atoms with Crippen LogP contribution in [0.2, 0.25) is 0 Å². The van der Waals surface area contributed by atoms with Gasteiger partial charge in [-0.1, -0.05) is 62.9 Å². The SMILES string of the molecule is C=Cc1c(/C=C\C)c2cc(CC)ccc2n1-c1cc(C#N)cc(-n2c3ccccc3c3cc(CC)ccc32)c1C#N. The molecule has 4 heteroatoms. The molecular formula is C37H30N4. The second-order valence-electron chi connectivity index (χ2n) is 10.2. The van der Waals surface area contributed by atoms with Crippen molar-refractivity contribution in [2.24, 2.45) is 0 Å². The fraction of sp³-hybridized carbons (Fsp3) is 0.135. The van der Waals surface area contributed by atoms with Crippen molar-refractivity contribution in [2.45, 2.75) is 33.6 Å². The molecule has 2 heterocycles. The molecule has 2 aromatic heterocycles. The first-order valence-electron chi connectivity index (χ1n) is 14.0. The Morgan fingerprint density at radius 3 is 1.95 bits per heavy atom. The molecular weight excluding hydrogens is 500 g/mol.